The molecule has 0 saturated carbocycles. The summed E-state index contributed by atoms with van der Waals surface area (Å²) in [7, 11) is 0. The van der Waals surface area contributed by atoms with Gasteiger partial charge in [-0.15, -0.1) is 0 Å². The zero-order valence-electron chi connectivity index (χ0n) is 20.0. The summed E-state index contributed by atoms with van der Waals surface area (Å²) in [5, 5.41) is 0. The number of carbonyl (C=O) groups excluding carboxylic acids is 1. The lowest BCUT2D eigenvalue weighted by atomic mass is 9.74. The maximum Gasteiger partial charge on any atom is 0.167 e. The highest BCUT2D eigenvalue weighted by molar-refractivity contribution is 6.22. The van der Waals surface area contributed by atoms with Crippen molar-refractivity contribution in [1.29, 1.82) is 0 Å². The van der Waals surface area contributed by atoms with Gasteiger partial charge in [-0.25, -0.2) is 0 Å². The molecule has 3 aromatic carbocycles. The molecule has 0 saturated heterocycles. The van der Waals surface area contributed by atoms with Crippen LogP contribution >= 0.6 is 0 Å². The molecule has 3 heteroatoms. The first kappa shape index (κ1) is 22.8. The minimum atomic E-state index is -0.0772. The van der Waals surface area contributed by atoms with E-state index in [2.05, 4.69) is 63.2 Å². The second-order valence-electron chi connectivity index (χ2n) is 9.50. The molecule has 0 amide bonds. The lowest BCUT2D eigenvalue weighted by Gasteiger charge is -2.32. The summed E-state index contributed by atoms with van der Waals surface area (Å²) in [6.07, 6.45) is 1.31. The molecule has 170 valence electrons. The van der Waals surface area contributed by atoms with Gasteiger partial charge >= 0.3 is 0 Å². The first-order chi connectivity index (χ1) is 15.9. The first-order valence-electron chi connectivity index (χ1n) is 11.6. The predicted octanol–water partition coefficient (Wildman–Crippen LogP) is 7.38. The van der Waals surface area contributed by atoms with Gasteiger partial charge in [0.05, 0.1) is 12.2 Å². The number of hydrogen-bond acceptors (Lipinski definition) is 3. The molecule has 0 aliphatic heterocycles. The Balaban J connectivity index is 1.61. The van der Waals surface area contributed by atoms with Gasteiger partial charge < -0.3 is 9.47 Å². The van der Waals surface area contributed by atoms with Crippen LogP contribution < -0.4 is 4.74 Å². The molecule has 0 N–H and O–H groups in total. The Morgan fingerprint density at radius 1 is 0.848 bits per heavy atom. The number of rotatable bonds is 7. The lowest BCUT2D eigenvalue weighted by Crippen LogP contribution is -2.26. The quantitative estimate of drug-likeness (QED) is 0.384. The van der Waals surface area contributed by atoms with Crippen LogP contribution in [-0.4, -0.2) is 12.4 Å². The Hall–Kier alpha value is -3.33. The average Bonchev–Trinajstić information content (AvgIpc) is 2.79. The van der Waals surface area contributed by atoms with Crippen LogP contribution in [-0.2, 0) is 16.1 Å². The molecule has 0 radical (unpaired) electrons. The van der Waals surface area contributed by atoms with E-state index in [-0.39, 0.29) is 11.2 Å². The summed E-state index contributed by atoms with van der Waals surface area (Å²) < 4.78 is 11.9. The van der Waals surface area contributed by atoms with E-state index in [0.29, 0.717) is 19.6 Å². The van der Waals surface area contributed by atoms with Gasteiger partial charge in [-0.3, -0.25) is 4.79 Å². The molecular formula is C30H32O3. The van der Waals surface area contributed by atoms with E-state index in [4.69, 9.17) is 9.47 Å². The summed E-state index contributed by atoms with van der Waals surface area (Å²) in [6.45, 7) is 9.40. The van der Waals surface area contributed by atoms with Crippen LogP contribution in [0.1, 0.15) is 50.3 Å². The monoisotopic (exact) mass is 440 g/mol. The van der Waals surface area contributed by atoms with Gasteiger partial charge in [0.1, 0.15) is 18.1 Å². The lowest BCUT2D eigenvalue weighted by molar-refractivity contribution is -0.116. The summed E-state index contributed by atoms with van der Waals surface area (Å²) >= 11 is 0. The molecule has 3 nitrogen and oxygen atoms in total. The third-order valence-corrected chi connectivity index (χ3v) is 6.10. The fourth-order valence-electron chi connectivity index (χ4n) is 4.42. The molecule has 0 unspecified atom stereocenters. The largest absolute Gasteiger partial charge is 0.497 e. The molecule has 0 spiro atoms. The van der Waals surface area contributed by atoms with E-state index in [9.17, 15) is 4.79 Å². The minimum absolute atomic E-state index is 0.0772. The molecule has 33 heavy (non-hydrogen) atoms. The molecule has 0 bridgehead atoms. The van der Waals surface area contributed by atoms with Crippen molar-refractivity contribution >= 4 is 11.4 Å². The highest BCUT2D eigenvalue weighted by Gasteiger charge is 2.35. The third-order valence-electron chi connectivity index (χ3n) is 6.10. The van der Waals surface area contributed by atoms with E-state index in [1.807, 2.05) is 37.3 Å². The number of aryl methyl sites for hydroxylation is 1. The topological polar surface area (TPSA) is 35.5 Å². The van der Waals surface area contributed by atoms with Crippen molar-refractivity contribution in [3.63, 3.8) is 0 Å². The van der Waals surface area contributed by atoms with Gasteiger partial charge in [0, 0.05) is 12.8 Å². The van der Waals surface area contributed by atoms with Crippen LogP contribution in [0.4, 0.5) is 0 Å². The number of ketones is 1. The fraction of sp³-hybridized carbons (Fsp3) is 0.300. The van der Waals surface area contributed by atoms with Gasteiger partial charge in [-0.2, -0.15) is 0 Å². The van der Waals surface area contributed by atoms with Gasteiger partial charge in [0.2, 0.25) is 0 Å². The highest BCUT2D eigenvalue weighted by Crippen LogP contribution is 2.42. The summed E-state index contributed by atoms with van der Waals surface area (Å²) in [5.41, 5.74) is 6.03. The maximum absolute atomic E-state index is 13.2. The fourth-order valence-corrected chi connectivity index (χ4v) is 4.42. The van der Waals surface area contributed by atoms with E-state index in [1.165, 1.54) is 0 Å². The Morgan fingerprint density at radius 2 is 1.55 bits per heavy atom. The standard InChI is InChI=1S/C30H32O3/c1-5-32-28-19-30(3,4)18-27(31)29(28)26-17-24(12-11-21(26)2)23-13-15-25(16-14-23)33-20-22-9-7-6-8-10-22/h6-17H,5,18-20H2,1-4H3. The third kappa shape index (κ3) is 5.36. The summed E-state index contributed by atoms with van der Waals surface area (Å²) in [4.78, 5) is 13.2. The number of benzene rings is 3. The van der Waals surface area contributed by atoms with Gasteiger partial charge in [-0.05, 0) is 65.3 Å². The van der Waals surface area contributed by atoms with Crippen LogP contribution in [0.2, 0.25) is 0 Å². The van der Waals surface area contributed by atoms with Gasteiger partial charge in [0.25, 0.3) is 0 Å². The van der Waals surface area contributed by atoms with Crippen molar-refractivity contribution in [2.24, 2.45) is 5.41 Å². The Labute approximate surface area is 197 Å². The van der Waals surface area contributed by atoms with Crippen LogP contribution in [0.25, 0.3) is 16.7 Å². The molecule has 0 aromatic heterocycles. The average molecular weight is 441 g/mol. The van der Waals surface area contributed by atoms with Crippen LogP contribution in [0.5, 0.6) is 5.75 Å². The maximum atomic E-state index is 13.2. The molecule has 1 aliphatic carbocycles. The number of carbonyl (C=O) groups is 1. The second kappa shape index (κ2) is 9.66. The smallest absolute Gasteiger partial charge is 0.167 e. The van der Waals surface area contributed by atoms with E-state index in [0.717, 1.165) is 51.3 Å². The number of ether oxygens (including phenoxy) is 2. The molecule has 3 aromatic rings. The zero-order valence-corrected chi connectivity index (χ0v) is 20.0. The van der Waals surface area contributed by atoms with Crippen LogP contribution in [0.3, 0.4) is 0 Å². The van der Waals surface area contributed by atoms with E-state index < -0.39 is 0 Å². The molecule has 1 aliphatic rings. The summed E-state index contributed by atoms with van der Waals surface area (Å²) in [5.74, 6) is 1.82. The zero-order chi connectivity index (χ0) is 23.4. The number of Topliss-reactive ketones (excluding diaryl/α,β-unsaturated/α-hetero) is 1. The molecule has 0 fully saturated rings. The summed E-state index contributed by atoms with van der Waals surface area (Å²) in [6, 6.07) is 24.6. The SMILES string of the molecule is CCOC1=C(c2cc(-c3ccc(OCc4ccccc4)cc3)ccc2C)C(=O)CC(C)(C)C1. The number of allylic oxidation sites excluding steroid dienone is 2. The van der Waals surface area contributed by atoms with Crippen molar-refractivity contribution in [1.82, 2.24) is 0 Å². The van der Waals surface area contributed by atoms with Gasteiger partial charge in [-0.1, -0.05) is 68.4 Å². The first-order valence-corrected chi connectivity index (χ1v) is 11.6. The normalized spacial score (nSPS) is 15.5. The van der Waals surface area contributed by atoms with E-state index in [1.54, 1.807) is 0 Å². The molecule has 0 heterocycles. The van der Waals surface area contributed by atoms with Crippen LogP contribution in [0.15, 0.2) is 78.6 Å². The van der Waals surface area contributed by atoms with Gasteiger partial charge in [0.15, 0.2) is 5.78 Å². The molecule has 4 rings (SSSR count). The van der Waals surface area contributed by atoms with Crippen molar-refractivity contribution in [3.05, 3.63) is 95.2 Å². The Morgan fingerprint density at radius 3 is 2.24 bits per heavy atom. The molecule has 0 atom stereocenters. The van der Waals surface area contributed by atoms with Crippen LogP contribution in [0, 0.1) is 12.3 Å². The second-order valence-corrected chi connectivity index (χ2v) is 9.50. The Bertz CT molecular complexity index is 1150. The van der Waals surface area contributed by atoms with Crippen molar-refractivity contribution in [2.75, 3.05) is 6.61 Å². The number of hydrogen-bond donors (Lipinski definition) is 0. The highest BCUT2D eigenvalue weighted by atomic mass is 16.5. The van der Waals surface area contributed by atoms with Crippen molar-refractivity contribution < 1.29 is 14.3 Å². The predicted molar refractivity (Wildman–Crippen MR) is 134 cm³/mol. The minimum Gasteiger partial charge on any atom is -0.497 e. The van der Waals surface area contributed by atoms with E-state index >= 15 is 0 Å². The van der Waals surface area contributed by atoms with Crippen molar-refractivity contribution in [3.8, 4) is 16.9 Å². The Kier molecular flexibility index (Phi) is 6.69. The molecular weight excluding hydrogens is 408 g/mol. The van der Waals surface area contributed by atoms with Crippen molar-refractivity contribution in [2.45, 2.75) is 47.1 Å².